The second-order valence-corrected chi connectivity index (χ2v) is 4.88. The summed E-state index contributed by atoms with van der Waals surface area (Å²) in [6.07, 6.45) is 3.99. The summed E-state index contributed by atoms with van der Waals surface area (Å²) in [5.74, 6) is 0.601. The van der Waals surface area contributed by atoms with Crippen molar-refractivity contribution in [2.75, 3.05) is 32.9 Å². The van der Waals surface area contributed by atoms with Crippen LogP contribution in [0, 0.1) is 11.8 Å². The van der Waals surface area contributed by atoms with Crippen molar-refractivity contribution in [1.82, 2.24) is 10.8 Å². The van der Waals surface area contributed by atoms with Gasteiger partial charge in [0.15, 0.2) is 0 Å². The first-order valence-electron chi connectivity index (χ1n) is 6.56. The van der Waals surface area contributed by atoms with E-state index in [0.29, 0.717) is 25.7 Å². The fourth-order valence-corrected chi connectivity index (χ4v) is 2.34. The molecule has 0 aliphatic carbocycles. The van der Waals surface area contributed by atoms with Gasteiger partial charge in [0.25, 0.3) is 0 Å². The molecule has 17 heavy (non-hydrogen) atoms. The van der Waals surface area contributed by atoms with Crippen LogP contribution in [-0.4, -0.2) is 38.8 Å². The van der Waals surface area contributed by atoms with E-state index in [1.165, 1.54) is 12.8 Å². The lowest BCUT2D eigenvalue weighted by Gasteiger charge is -2.24. The van der Waals surface area contributed by atoms with Crippen LogP contribution in [0.25, 0.3) is 0 Å². The average molecular weight is 242 g/mol. The fraction of sp³-hybridized carbons (Fsp3) is 0.917. The van der Waals surface area contributed by atoms with Crippen molar-refractivity contribution in [2.45, 2.75) is 25.7 Å². The summed E-state index contributed by atoms with van der Waals surface area (Å²) in [6.45, 7) is 4.08. The summed E-state index contributed by atoms with van der Waals surface area (Å²) in [4.78, 5) is 17.0. The first-order chi connectivity index (χ1) is 8.36. The number of ether oxygens (including phenoxy) is 1. The highest BCUT2D eigenvalue weighted by molar-refractivity contribution is 5.77. The largest absolute Gasteiger partial charge is 0.381 e. The molecule has 0 aromatic heterocycles. The minimum atomic E-state index is 0.0112. The number of rotatable bonds is 4. The molecule has 2 aliphatic heterocycles. The lowest BCUT2D eigenvalue weighted by atomic mass is 10.00. The van der Waals surface area contributed by atoms with E-state index >= 15 is 0 Å². The van der Waals surface area contributed by atoms with Gasteiger partial charge in [-0.3, -0.25) is 9.63 Å². The molecule has 2 heterocycles. The highest BCUT2D eigenvalue weighted by Crippen LogP contribution is 2.14. The number of amides is 1. The number of carbonyl (C=O) groups excluding carboxylic acids is 1. The summed E-state index contributed by atoms with van der Waals surface area (Å²) in [6, 6.07) is 0. The third kappa shape index (κ3) is 4.26. The van der Waals surface area contributed by atoms with Gasteiger partial charge in [0, 0.05) is 25.7 Å². The Bertz CT molecular complexity index is 236. The van der Waals surface area contributed by atoms with Gasteiger partial charge in [-0.2, -0.15) is 0 Å². The van der Waals surface area contributed by atoms with Crippen LogP contribution in [0.4, 0.5) is 0 Å². The van der Waals surface area contributed by atoms with Crippen LogP contribution in [0.5, 0.6) is 0 Å². The third-order valence-corrected chi connectivity index (χ3v) is 3.48. The lowest BCUT2D eigenvalue weighted by molar-refractivity contribution is -0.141. The van der Waals surface area contributed by atoms with Gasteiger partial charge in [0.2, 0.25) is 5.91 Å². The highest BCUT2D eigenvalue weighted by atomic mass is 16.7. The molecule has 1 atom stereocenters. The van der Waals surface area contributed by atoms with Crippen LogP contribution in [0.15, 0.2) is 0 Å². The first-order valence-corrected chi connectivity index (χ1v) is 6.56. The molecule has 1 unspecified atom stereocenters. The van der Waals surface area contributed by atoms with Crippen LogP contribution >= 0.6 is 0 Å². The number of nitrogens with one attached hydrogen (secondary N) is 2. The Balaban J connectivity index is 1.58. The maximum atomic E-state index is 11.7. The quantitative estimate of drug-likeness (QED) is 0.703. The van der Waals surface area contributed by atoms with Crippen LogP contribution in [0.2, 0.25) is 0 Å². The zero-order chi connectivity index (χ0) is 11.9. The van der Waals surface area contributed by atoms with E-state index in [1.54, 1.807) is 0 Å². The van der Waals surface area contributed by atoms with E-state index in [-0.39, 0.29) is 11.8 Å². The molecular weight excluding hydrogens is 220 g/mol. The monoisotopic (exact) mass is 242 g/mol. The Hall–Kier alpha value is -0.650. The van der Waals surface area contributed by atoms with Gasteiger partial charge < -0.3 is 10.1 Å². The summed E-state index contributed by atoms with van der Waals surface area (Å²) in [5, 5.41) is 3.33. The molecule has 2 N–H and O–H groups in total. The van der Waals surface area contributed by atoms with Gasteiger partial charge in [-0.15, -0.1) is 0 Å². The van der Waals surface area contributed by atoms with Gasteiger partial charge in [-0.05, 0) is 38.1 Å². The summed E-state index contributed by atoms with van der Waals surface area (Å²) in [7, 11) is 0. The minimum Gasteiger partial charge on any atom is -0.381 e. The molecule has 0 radical (unpaired) electrons. The molecule has 0 aromatic carbocycles. The summed E-state index contributed by atoms with van der Waals surface area (Å²) in [5.41, 5.74) is 2.58. The van der Waals surface area contributed by atoms with Gasteiger partial charge in [0.05, 0.1) is 6.61 Å². The van der Waals surface area contributed by atoms with Crippen molar-refractivity contribution in [3.05, 3.63) is 0 Å². The van der Waals surface area contributed by atoms with E-state index in [2.05, 4.69) is 10.8 Å². The molecule has 0 aromatic rings. The predicted octanol–water partition coefficient (Wildman–Crippen LogP) is 0.460. The molecule has 5 nitrogen and oxygen atoms in total. The van der Waals surface area contributed by atoms with Gasteiger partial charge in [-0.25, -0.2) is 5.48 Å². The number of hydroxylamine groups is 1. The maximum Gasteiger partial charge on any atom is 0.246 e. The Morgan fingerprint density at radius 2 is 2.18 bits per heavy atom. The lowest BCUT2D eigenvalue weighted by Crippen LogP contribution is -2.38. The smallest absolute Gasteiger partial charge is 0.246 e. The number of hydrogen-bond donors (Lipinski definition) is 2. The number of carbonyl (C=O) groups is 1. The summed E-state index contributed by atoms with van der Waals surface area (Å²) < 4.78 is 5.22. The Kier molecular flexibility index (Phi) is 5.22. The van der Waals surface area contributed by atoms with E-state index in [4.69, 9.17) is 9.57 Å². The fourth-order valence-electron chi connectivity index (χ4n) is 2.34. The highest BCUT2D eigenvalue weighted by Gasteiger charge is 2.22. The van der Waals surface area contributed by atoms with E-state index in [9.17, 15) is 4.79 Å². The summed E-state index contributed by atoms with van der Waals surface area (Å²) >= 11 is 0. The standard InChI is InChI=1S/C12H22N2O3/c15-12(11-3-6-16-7-4-11)14-17-9-10-2-1-5-13-8-10/h10-11,13H,1-9H2,(H,14,15). The molecule has 0 spiro atoms. The van der Waals surface area contributed by atoms with Crippen molar-refractivity contribution >= 4 is 5.91 Å². The number of hydrogen-bond acceptors (Lipinski definition) is 4. The van der Waals surface area contributed by atoms with Crippen LogP contribution in [-0.2, 0) is 14.4 Å². The third-order valence-electron chi connectivity index (χ3n) is 3.48. The minimum absolute atomic E-state index is 0.0112. The molecule has 98 valence electrons. The molecule has 2 aliphatic rings. The van der Waals surface area contributed by atoms with Crippen molar-refractivity contribution in [1.29, 1.82) is 0 Å². The van der Waals surface area contributed by atoms with Crippen molar-refractivity contribution < 1.29 is 14.4 Å². The van der Waals surface area contributed by atoms with Gasteiger partial charge in [-0.1, -0.05) is 0 Å². The van der Waals surface area contributed by atoms with Crippen LogP contribution in [0.3, 0.4) is 0 Å². The van der Waals surface area contributed by atoms with Gasteiger partial charge in [0.1, 0.15) is 0 Å². The van der Waals surface area contributed by atoms with Gasteiger partial charge >= 0.3 is 0 Å². The van der Waals surface area contributed by atoms with Crippen molar-refractivity contribution in [3.8, 4) is 0 Å². The zero-order valence-corrected chi connectivity index (χ0v) is 10.2. The second kappa shape index (κ2) is 6.93. The molecular formula is C12H22N2O3. The Morgan fingerprint density at radius 1 is 1.35 bits per heavy atom. The van der Waals surface area contributed by atoms with E-state index < -0.39 is 0 Å². The number of piperidine rings is 1. The second-order valence-electron chi connectivity index (χ2n) is 4.88. The molecule has 5 heteroatoms. The zero-order valence-electron chi connectivity index (χ0n) is 10.2. The predicted molar refractivity (Wildman–Crippen MR) is 63.2 cm³/mol. The molecule has 0 saturated carbocycles. The SMILES string of the molecule is O=C(NOCC1CCCNC1)C1CCOCC1. The molecule has 1 amide bonds. The van der Waals surface area contributed by atoms with E-state index in [1.807, 2.05) is 0 Å². The molecule has 2 saturated heterocycles. The Morgan fingerprint density at radius 3 is 2.88 bits per heavy atom. The normalized spacial score (nSPS) is 26.7. The van der Waals surface area contributed by atoms with Crippen molar-refractivity contribution in [3.63, 3.8) is 0 Å². The first kappa shape index (κ1) is 12.8. The topological polar surface area (TPSA) is 59.6 Å². The van der Waals surface area contributed by atoms with E-state index in [0.717, 1.165) is 25.9 Å². The van der Waals surface area contributed by atoms with Crippen molar-refractivity contribution in [2.24, 2.45) is 11.8 Å². The average Bonchev–Trinajstić information content (AvgIpc) is 2.41. The van der Waals surface area contributed by atoms with Crippen LogP contribution < -0.4 is 10.8 Å². The Labute approximate surface area is 102 Å². The maximum absolute atomic E-state index is 11.7. The molecule has 0 bridgehead atoms. The molecule has 2 rings (SSSR count). The van der Waals surface area contributed by atoms with Crippen LogP contribution in [0.1, 0.15) is 25.7 Å². The molecule has 2 fully saturated rings.